The molecule has 0 spiro atoms. The van der Waals surface area contributed by atoms with Gasteiger partial charge in [0.1, 0.15) is 5.75 Å². The van der Waals surface area contributed by atoms with Crippen molar-refractivity contribution in [2.75, 3.05) is 0 Å². The molecule has 0 aliphatic heterocycles. The second kappa shape index (κ2) is 5.61. The number of phenolic OH excluding ortho intramolecular Hbond substituents is 1. The zero-order valence-corrected chi connectivity index (χ0v) is 16.3. The van der Waals surface area contributed by atoms with Crippen molar-refractivity contribution < 1.29 is 5.11 Å². The van der Waals surface area contributed by atoms with Gasteiger partial charge in [0.15, 0.2) is 0 Å². The first-order chi connectivity index (χ1) is 14.8. The standard InChI is InChI=1S/C29H18O/c30-25-10-4-9-22-20-7-1-2-8-21(20)28(29(22)25)24-16-14-19-12-11-17-5-3-6-18-13-15-23(24)27(19)26(17)18/h1-16,28,30H. The Kier molecular flexibility index (Phi) is 2.99. The maximum absolute atomic E-state index is 10.9. The fourth-order valence-electron chi connectivity index (χ4n) is 5.57. The highest BCUT2D eigenvalue weighted by Gasteiger charge is 2.33. The molecule has 0 amide bonds. The van der Waals surface area contributed by atoms with Crippen LogP contribution in [0.5, 0.6) is 5.75 Å². The van der Waals surface area contributed by atoms with E-state index in [2.05, 4.69) is 84.9 Å². The lowest BCUT2D eigenvalue weighted by molar-refractivity contribution is 0.468. The van der Waals surface area contributed by atoms with Crippen LogP contribution in [0.25, 0.3) is 43.4 Å². The van der Waals surface area contributed by atoms with E-state index in [9.17, 15) is 5.11 Å². The molecule has 0 heterocycles. The van der Waals surface area contributed by atoms with Crippen LogP contribution in [-0.4, -0.2) is 5.11 Å². The molecule has 6 aromatic rings. The number of aromatic hydroxyl groups is 1. The van der Waals surface area contributed by atoms with Crippen molar-refractivity contribution in [2.45, 2.75) is 5.92 Å². The maximum Gasteiger partial charge on any atom is 0.120 e. The molecule has 1 atom stereocenters. The Morgan fingerprint density at radius 3 is 2.03 bits per heavy atom. The Balaban J connectivity index is 1.64. The summed E-state index contributed by atoms with van der Waals surface area (Å²) < 4.78 is 0. The number of hydrogen-bond donors (Lipinski definition) is 1. The van der Waals surface area contributed by atoms with Gasteiger partial charge >= 0.3 is 0 Å². The van der Waals surface area contributed by atoms with Gasteiger partial charge < -0.3 is 5.11 Å². The van der Waals surface area contributed by atoms with Gasteiger partial charge in [-0.2, -0.15) is 0 Å². The molecular weight excluding hydrogens is 364 g/mol. The monoisotopic (exact) mass is 382 g/mol. The van der Waals surface area contributed by atoms with Crippen LogP contribution in [0.2, 0.25) is 0 Å². The van der Waals surface area contributed by atoms with E-state index in [0.717, 1.165) is 11.1 Å². The van der Waals surface area contributed by atoms with Gasteiger partial charge in [0.2, 0.25) is 0 Å². The number of benzene rings is 6. The highest BCUT2D eigenvalue weighted by molar-refractivity contribution is 6.23. The lowest BCUT2D eigenvalue weighted by Gasteiger charge is -2.20. The van der Waals surface area contributed by atoms with Crippen LogP contribution < -0.4 is 0 Å². The van der Waals surface area contributed by atoms with E-state index in [-0.39, 0.29) is 5.92 Å². The molecular formula is C29H18O. The summed E-state index contributed by atoms with van der Waals surface area (Å²) in [6.45, 7) is 0. The quantitative estimate of drug-likeness (QED) is 0.292. The van der Waals surface area contributed by atoms with Gasteiger partial charge in [-0.05, 0) is 60.6 Å². The topological polar surface area (TPSA) is 20.2 Å². The summed E-state index contributed by atoms with van der Waals surface area (Å²) in [6.07, 6.45) is 0. The number of phenols is 1. The minimum Gasteiger partial charge on any atom is -0.508 e. The molecule has 7 rings (SSSR count). The van der Waals surface area contributed by atoms with Gasteiger partial charge in [-0.15, -0.1) is 0 Å². The van der Waals surface area contributed by atoms with Gasteiger partial charge in [-0.3, -0.25) is 0 Å². The molecule has 1 heteroatoms. The van der Waals surface area contributed by atoms with E-state index in [1.807, 2.05) is 12.1 Å². The minimum absolute atomic E-state index is 0.0296. The van der Waals surface area contributed by atoms with Gasteiger partial charge in [-0.1, -0.05) is 91.0 Å². The van der Waals surface area contributed by atoms with Crippen LogP contribution in [0.1, 0.15) is 22.6 Å². The van der Waals surface area contributed by atoms with Crippen LogP contribution in [0.3, 0.4) is 0 Å². The lowest BCUT2D eigenvalue weighted by atomic mass is 9.83. The fraction of sp³-hybridized carbons (Fsp3) is 0.0345. The third kappa shape index (κ3) is 1.92. The summed E-state index contributed by atoms with van der Waals surface area (Å²) in [6, 6.07) is 34.4. The third-order valence-corrected chi connectivity index (χ3v) is 6.81. The summed E-state index contributed by atoms with van der Waals surface area (Å²) in [7, 11) is 0. The third-order valence-electron chi connectivity index (χ3n) is 6.81. The highest BCUT2D eigenvalue weighted by atomic mass is 16.3. The molecule has 30 heavy (non-hydrogen) atoms. The molecule has 6 aromatic carbocycles. The SMILES string of the molecule is Oc1cccc2c1C(c1ccc3ccc4cccc5ccc1c3c45)c1ccccc1-2. The second-order valence-electron chi connectivity index (χ2n) is 8.27. The molecule has 1 unspecified atom stereocenters. The Morgan fingerprint density at radius 1 is 0.500 bits per heavy atom. The minimum atomic E-state index is 0.0296. The zero-order chi connectivity index (χ0) is 19.8. The lowest BCUT2D eigenvalue weighted by Crippen LogP contribution is -2.01. The van der Waals surface area contributed by atoms with Crippen LogP contribution in [0.15, 0.2) is 97.1 Å². The van der Waals surface area contributed by atoms with E-state index in [0.29, 0.717) is 5.75 Å². The summed E-state index contributed by atoms with van der Waals surface area (Å²) in [5.74, 6) is 0.404. The van der Waals surface area contributed by atoms with Crippen molar-refractivity contribution in [3.8, 4) is 16.9 Å². The normalized spacial score (nSPS) is 15.1. The maximum atomic E-state index is 10.9. The van der Waals surface area contributed by atoms with Crippen molar-refractivity contribution in [3.63, 3.8) is 0 Å². The fourth-order valence-corrected chi connectivity index (χ4v) is 5.57. The average Bonchev–Trinajstić information content (AvgIpc) is 3.13. The van der Waals surface area contributed by atoms with Gasteiger partial charge in [-0.25, -0.2) is 0 Å². The van der Waals surface area contributed by atoms with E-state index in [1.165, 1.54) is 49.0 Å². The predicted octanol–water partition coefficient (Wildman–Crippen LogP) is 7.45. The molecule has 0 saturated heterocycles. The van der Waals surface area contributed by atoms with E-state index in [4.69, 9.17) is 0 Å². The number of rotatable bonds is 1. The Labute approximate surface area is 174 Å². The molecule has 1 N–H and O–H groups in total. The van der Waals surface area contributed by atoms with Crippen molar-refractivity contribution in [3.05, 3.63) is 114 Å². The number of fused-ring (bicyclic) bond motifs is 3. The largest absolute Gasteiger partial charge is 0.508 e. The summed E-state index contributed by atoms with van der Waals surface area (Å²) in [4.78, 5) is 0. The van der Waals surface area contributed by atoms with Crippen molar-refractivity contribution in [1.82, 2.24) is 0 Å². The molecule has 1 nitrogen and oxygen atoms in total. The molecule has 0 bridgehead atoms. The second-order valence-corrected chi connectivity index (χ2v) is 8.27. The molecule has 0 aromatic heterocycles. The summed E-state index contributed by atoms with van der Waals surface area (Å²) in [5.41, 5.74) is 5.91. The first-order valence-electron chi connectivity index (χ1n) is 10.4. The van der Waals surface area contributed by atoms with E-state index >= 15 is 0 Å². The molecule has 1 aliphatic carbocycles. The predicted molar refractivity (Wildman–Crippen MR) is 125 cm³/mol. The van der Waals surface area contributed by atoms with Gasteiger partial charge in [0.25, 0.3) is 0 Å². The molecule has 140 valence electrons. The Hall–Kier alpha value is -3.84. The van der Waals surface area contributed by atoms with E-state index in [1.54, 1.807) is 0 Å². The zero-order valence-electron chi connectivity index (χ0n) is 16.3. The first-order valence-corrected chi connectivity index (χ1v) is 10.4. The van der Waals surface area contributed by atoms with Gasteiger partial charge in [0.05, 0.1) is 0 Å². The van der Waals surface area contributed by atoms with Crippen LogP contribution in [-0.2, 0) is 0 Å². The average molecular weight is 382 g/mol. The molecule has 0 fully saturated rings. The Bertz CT molecular complexity index is 1590. The van der Waals surface area contributed by atoms with Crippen molar-refractivity contribution in [1.29, 1.82) is 0 Å². The Morgan fingerprint density at radius 2 is 1.17 bits per heavy atom. The number of hydrogen-bond acceptors (Lipinski definition) is 1. The van der Waals surface area contributed by atoms with Crippen LogP contribution in [0.4, 0.5) is 0 Å². The highest BCUT2D eigenvalue weighted by Crippen LogP contribution is 2.53. The van der Waals surface area contributed by atoms with Crippen molar-refractivity contribution >= 4 is 32.3 Å². The van der Waals surface area contributed by atoms with Crippen LogP contribution >= 0.6 is 0 Å². The summed E-state index contributed by atoms with van der Waals surface area (Å²) in [5, 5.41) is 18.6. The van der Waals surface area contributed by atoms with E-state index < -0.39 is 0 Å². The molecule has 1 aliphatic rings. The molecule has 0 radical (unpaired) electrons. The van der Waals surface area contributed by atoms with Crippen LogP contribution in [0, 0.1) is 0 Å². The smallest absolute Gasteiger partial charge is 0.120 e. The van der Waals surface area contributed by atoms with Gasteiger partial charge in [0, 0.05) is 11.5 Å². The first kappa shape index (κ1) is 16.0. The van der Waals surface area contributed by atoms with Crippen molar-refractivity contribution in [2.24, 2.45) is 0 Å². The molecule has 0 saturated carbocycles. The summed E-state index contributed by atoms with van der Waals surface area (Å²) >= 11 is 0.